The van der Waals surface area contributed by atoms with Gasteiger partial charge in [-0.25, -0.2) is 0 Å². The molecule has 2 N–H and O–H groups in total. The number of carbonyl (C=O) groups is 1. The fourth-order valence-corrected chi connectivity index (χ4v) is 2.86. The lowest BCUT2D eigenvalue weighted by Crippen LogP contribution is -2.51. The van der Waals surface area contributed by atoms with E-state index in [9.17, 15) is 4.79 Å². The number of carbonyl (C=O) groups excluding carboxylic acids is 1. The molecule has 2 heterocycles. The van der Waals surface area contributed by atoms with Gasteiger partial charge in [0.25, 0.3) is 5.91 Å². The number of piperidine rings is 1. The van der Waals surface area contributed by atoms with Crippen LogP contribution < -0.4 is 15.4 Å². The lowest BCUT2D eigenvalue weighted by atomic mass is 10.00. The first-order chi connectivity index (χ1) is 8.22. The summed E-state index contributed by atoms with van der Waals surface area (Å²) in [5, 5.41) is 8.31. The maximum Gasteiger partial charge on any atom is 0.265 e. The van der Waals surface area contributed by atoms with Crippen molar-refractivity contribution < 1.29 is 9.53 Å². The minimum Gasteiger partial charge on any atom is -0.495 e. The highest BCUT2D eigenvalue weighted by Crippen LogP contribution is 2.24. The Bertz CT molecular complexity index is 397. The summed E-state index contributed by atoms with van der Waals surface area (Å²) in [6.45, 7) is 3.14. The smallest absolute Gasteiger partial charge is 0.265 e. The molecule has 0 aromatic carbocycles. The Morgan fingerprint density at radius 2 is 2.39 bits per heavy atom. The monoisotopic (exact) mass is 290 g/mol. The maximum atomic E-state index is 12.1. The second-order valence-corrected chi connectivity index (χ2v) is 5.20. The van der Waals surface area contributed by atoms with Crippen molar-refractivity contribution in [1.82, 2.24) is 10.6 Å². The van der Waals surface area contributed by atoms with Crippen LogP contribution in [0.2, 0.25) is 0 Å². The van der Waals surface area contributed by atoms with E-state index in [-0.39, 0.29) is 24.4 Å². The zero-order valence-corrected chi connectivity index (χ0v) is 12.2. The molecule has 1 fully saturated rings. The molecule has 6 heteroatoms. The van der Waals surface area contributed by atoms with Gasteiger partial charge in [-0.1, -0.05) is 0 Å². The molecule has 102 valence electrons. The standard InChI is InChI=1S/C12H18N2O2S.ClH/c1-8-9(4-3-6-13-8)14-12(15)11-10(16-2)5-7-17-11;/h5,7-9,13H,3-4,6H2,1-2H3,(H,14,15);1H. The fourth-order valence-electron chi connectivity index (χ4n) is 2.10. The average molecular weight is 291 g/mol. The van der Waals surface area contributed by atoms with Gasteiger partial charge in [0.1, 0.15) is 10.6 Å². The van der Waals surface area contributed by atoms with E-state index in [1.54, 1.807) is 7.11 Å². The molecule has 2 atom stereocenters. The predicted octanol–water partition coefficient (Wildman–Crippen LogP) is 2.05. The zero-order valence-electron chi connectivity index (χ0n) is 10.6. The van der Waals surface area contributed by atoms with Crippen molar-refractivity contribution in [3.63, 3.8) is 0 Å². The van der Waals surface area contributed by atoms with Gasteiger partial charge in [0.05, 0.1) is 7.11 Å². The minimum absolute atomic E-state index is 0. The lowest BCUT2D eigenvalue weighted by Gasteiger charge is -2.30. The summed E-state index contributed by atoms with van der Waals surface area (Å²) in [6.07, 6.45) is 2.14. The van der Waals surface area contributed by atoms with Crippen LogP contribution in [0.4, 0.5) is 0 Å². The van der Waals surface area contributed by atoms with Crippen LogP contribution >= 0.6 is 23.7 Å². The molecule has 1 aliphatic heterocycles. The molecule has 0 bridgehead atoms. The molecule has 1 aromatic rings. The third-order valence-electron chi connectivity index (χ3n) is 3.13. The maximum absolute atomic E-state index is 12.1. The van der Waals surface area contributed by atoms with Crippen LogP contribution in [0.25, 0.3) is 0 Å². The highest BCUT2D eigenvalue weighted by atomic mass is 35.5. The summed E-state index contributed by atoms with van der Waals surface area (Å²) in [5.74, 6) is 0.626. The Labute approximate surface area is 118 Å². The largest absolute Gasteiger partial charge is 0.495 e. The van der Waals surface area contributed by atoms with Gasteiger partial charge in [0, 0.05) is 12.1 Å². The van der Waals surface area contributed by atoms with Crippen LogP contribution in [0.5, 0.6) is 5.75 Å². The number of halogens is 1. The van der Waals surface area contributed by atoms with Crippen LogP contribution in [0, 0.1) is 0 Å². The summed E-state index contributed by atoms with van der Waals surface area (Å²) in [6, 6.07) is 2.36. The summed E-state index contributed by atoms with van der Waals surface area (Å²) < 4.78 is 5.16. The van der Waals surface area contributed by atoms with Crippen LogP contribution in [0.15, 0.2) is 11.4 Å². The highest BCUT2D eigenvalue weighted by Gasteiger charge is 2.24. The molecule has 0 saturated carbocycles. The predicted molar refractivity (Wildman–Crippen MR) is 76.1 cm³/mol. The fraction of sp³-hybridized carbons (Fsp3) is 0.583. The number of hydrogen-bond donors (Lipinski definition) is 2. The Morgan fingerprint density at radius 3 is 3.06 bits per heavy atom. The van der Waals surface area contributed by atoms with Crippen LogP contribution in [0.1, 0.15) is 29.4 Å². The normalized spacial score (nSPS) is 23.0. The van der Waals surface area contributed by atoms with Crippen molar-refractivity contribution in [1.29, 1.82) is 0 Å². The van der Waals surface area contributed by atoms with E-state index in [0.29, 0.717) is 16.7 Å². The van der Waals surface area contributed by atoms with Gasteiger partial charge in [-0.2, -0.15) is 0 Å². The van der Waals surface area contributed by atoms with E-state index < -0.39 is 0 Å². The molecule has 4 nitrogen and oxygen atoms in total. The van der Waals surface area contributed by atoms with Gasteiger partial charge in [-0.05, 0) is 37.8 Å². The third-order valence-corrected chi connectivity index (χ3v) is 4.03. The Hall–Kier alpha value is -0.780. The van der Waals surface area contributed by atoms with E-state index >= 15 is 0 Å². The molecular weight excluding hydrogens is 272 g/mol. The summed E-state index contributed by atoms with van der Waals surface area (Å²) in [4.78, 5) is 12.7. The molecule has 1 saturated heterocycles. The van der Waals surface area contributed by atoms with Gasteiger partial charge in [-0.3, -0.25) is 4.79 Å². The van der Waals surface area contributed by atoms with Gasteiger partial charge in [-0.15, -0.1) is 23.7 Å². The molecule has 0 spiro atoms. The average Bonchev–Trinajstić information content (AvgIpc) is 2.80. The highest BCUT2D eigenvalue weighted by molar-refractivity contribution is 7.12. The molecule has 0 aliphatic carbocycles. The number of nitrogens with one attached hydrogen (secondary N) is 2. The number of rotatable bonds is 3. The lowest BCUT2D eigenvalue weighted by molar-refractivity contribution is 0.0921. The molecule has 2 unspecified atom stereocenters. The molecule has 18 heavy (non-hydrogen) atoms. The number of methoxy groups -OCH3 is 1. The quantitative estimate of drug-likeness (QED) is 0.896. The Balaban J connectivity index is 0.00000162. The van der Waals surface area contributed by atoms with Crippen molar-refractivity contribution >= 4 is 29.7 Å². The minimum atomic E-state index is -0.0302. The zero-order chi connectivity index (χ0) is 12.3. The van der Waals surface area contributed by atoms with E-state index in [2.05, 4.69) is 17.6 Å². The van der Waals surface area contributed by atoms with Crippen molar-refractivity contribution in [2.24, 2.45) is 0 Å². The Kier molecular flexibility index (Phi) is 5.91. The number of hydrogen-bond acceptors (Lipinski definition) is 4. The van der Waals surface area contributed by atoms with Gasteiger partial charge in [0.15, 0.2) is 0 Å². The van der Waals surface area contributed by atoms with Gasteiger partial charge < -0.3 is 15.4 Å². The number of thiophene rings is 1. The number of ether oxygens (including phenoxy) is 1. The summed E-state index contributed by atoms with van der Waals surface area (Å²) >= 11 is 1.41. The second kappa shape index (κ2) is 6.97. The van der Waals surface area contributed by atoms with Crippen LogP contribution in [0.3, 0.4) is 0 Å². The van der Waals surface area contributed by atoms with Crippen LogP contribution in [-0.2, 0) is 0 Å². The topological polar surface area (TPSA) is 50.4 Å². The van der Waals surface area contributed by atoms with Crippen molar-refractivity contribution in [3.05, 3.63) is 16.3 Å². The van der Waals surface area contributed by atoms with Gasteiger partial charge in [0.2, 0.25) is 0 Å². The molecule has 1 aliphatic rings. The third kappa shape index (κ3) is 3.37. The van der Waals surface area contributed by atoms with Crippen LogP contribution in [-0.4, -0.2) is 31.6 Å². The second-order valence-electron chi connectivity index (χ2n) is 4.28. The first-order valence-corrected chi connectivity index (χ1v) is 6.76. The first-order valence-electron chi connectivity index (χ1n) is 5.88. The summed E-state index contributed by atoms with van der Waals surface area (Å²) in [7, 11) is 1.59. The SMILES string of the molecule is COc1ccsc1C(=O)NC1CCCNC1C.Cl. The molecule has 2 rings (SSSR count). The first kappa shape index (κ1) is 15.3. The van der Waals surface area contributed by atoms with Crippen molar-refractivity contribution in [2.45, 2.75) is 31.8 Å². The Morgan fingerprint density at radius 1 is 1.61 bits per heavy atom. The van der Waals surface area contributed by atoms with E-state index in [0.717, 1.165) is 19.4 Å². The van der Waals surface area contributed by atoms with Crippen molar-refractivity contribution in [2.75, 3.05) is 13.7 Å². The van der Waals surface area contributed by atoms with E-state index in [4.69, 9.17) is 4.74 Å². The molecule has 1 amide bonds. The summed E-state index contributed by atoms with van der Waals surface area (Å²) in [5.41, 5.74) is 0. The van der Waals surface area contributed by atoms with E-state index in [1.807, 2.05) is 11.4 Å². The number of amides is 1. The molecule has 1 aromatic heterocycles. The van der Waals surface area contributed by atoms with E-state index in [1.165, 1.54) is 11.3 Å². The van der Waals surface area contributed by atoms with Crippen molar-refractivity contribution in [3.8, 4) is 5.75 Å². The molecule has 0 radical (unpaired) electrons. The molecular formula is C12H19ClN2O2S. The van der Waals surface area contributed by atoms with Gasteiger partial charge >= 0.3 is 0 Å².